The molecule has 0 aliphatic rings. The summed E-state index contributed by atoms with van der Waals surface area (Å²) in [4.78, 5) is 15.7. The van der Waals surface area contributed by atoms with Gasteiger partial charge in [-0.3, -0.25) is 0 Å². The second kappa shape index (κ2) is 2.55. The molecule has 0 fully saturated rings. The fourth-order valence-corrected chi connectivity index (χ4v) is 1.11. The Hall–Kier alpha value is -1.45. The lowest BCUT2D eigenvalue weighted by molar-refractivity contribution is 0.996. The first-order valence-corrected chi connectivity index (χ1v) is 3.98. The predicted molar refractivity (Wildman–Crippen MR) is 45.8 cm³/mol. The van der Waals surface area contributed by atoms with Gasteiger partial charge >= 0.3 is 0 Å². The van der Waals surface area contributed by atoms with Crippen molar-refractivity contribution in [3.05, 3.63) is 17.8 Å². The number of imidazole rings is 1. The number of rotatable bonds is 1. The highest BCUT2D eigenvalue weighted by Gasteiger charge is 2.01. The van der Waals surface area contributed by atoms with Crippen LogP contribution in [0.4, 0.5) is 0 Å². The molecule has 2 aromatic heterocycles. The Balaban J connectivity index is 2.67. The molecule has 4 nitrogen and oxygen atoms in total. The number of H-pyrrole nitrogens is 1. The van der Waals surface area contributed by atoms with Crippen molar-refractivity contribution < 1.29 is 0 Å². The molecular formula is C8H10N4. The highest BCUT2D eigenvalue weighted by Crippen LogP contribution is 2.07. The van der Waals surface area contributed by atoms with Gasteiger partial charge in [0, 0.05) is 6.42 Å². The number of hydrogen-bond donors (Lipinski definition) is 1. The number of fused-ring (bicyclic) bond motifs is 1. The van der Waals surface area contributed by atoms with Gasteiger partial charge in [0.25, 0.3) is 0 Å². The highest BCUT2D eigenvalue weighted by atomic mass is 15.0. The van der Waals surface area contributed by atoms with Gasteiger partial charge in [0.2, 0.25) is 0 Å². The first-order chi connectivity index (χ1) is 5.79. The fraction of sp³-hybridized carbons (Fsp3) is 0.375. The van der Waals surface area contributed by atoms with Crippen molar-refractivity contribution in [2.24, 2.45) is 0 Å². The van der Waals surface area contributed by atoms with E-state index in [0.717, 1.165) is 29.2 Å². The molecule has 62 valence electrons. The molecule has 2 aromatic rings. The molecule has 4 heteroatoms. The van der Waals surface area contributed by atoms with Crippen molar-refractivity contribution in [2.45, 2.75) is 20.3 Å². The largest absolute Gasteiger partial charge is 0.339 e. The van der Waals surface area contributed by atoms with Crippen LogP contribution in [0.25, 0.3) is 11.2 Å². The Morgan fingerprint density at radius 1 is 1.42 bits per heavy atom. The number of nitrogens with one attached hydrogen (secondary N) is 1. The van der Waals surface area contributed by atoms with Crippen LogP contribution in [0.1, 0.15) is 18.6 Å². The summed E-state index contributed by atoms with van der Waals surface area (Å²) in [6.45, 7) is 3.91. The summed E-state index contributed by atoms with van der Waals surface area (Å²) in [6.07, 6.45) is 2.67. The summed E-state index contributed by atoms with van der Waals surface area (Å²) in [7, 11) is 0. The normalized spacial score (nSPS) is 10.8. The molecule has 12 heavy (non-hydrogen) atoms. The number of aromatic nitrogens is 4. The van der Waals surface area contributed by atoms with Gasteiger partial charge in [-0.25, -0.2) is 15.0 Å². The zero-order valence-corrected chi connectivity index (χ0v) is 7.13. The Kier molecular flexibility index (Phi) is 1.53. The standard InChI is InChI=1S/C8H10N4/c1-3-7-11-6-4-9-5(2)10-8(6)12-7/h4H,3H2,1-2H3,(H,9,10,11,12). The smallest absolute Gasteiger partial charge is 0.181 e. The van der Waals surface area contributed by atoms with Crippen LogP contribution in [0, 0.1) is 6.92 Å². The van der Waals surface area contributed by atoms with Gasteiger partial charge in [0.05, 0.1) is 6.20 Å². The summed E-state index contributed by atoms with van der Waals surface area (Å²) in [5, 5.41) is 0. The van der Waals surface area contributed by atoms with Crippen LogP contribution in [-0.4, -0.2) is 19.9 Å². The van der Waals surface area contributed by atoms with Gasteiger partial charge in [-0.05, 0) is 6.92 Å². The van der Waals surface area contributed by atoms with E-state index in [1.807, 2.05) is 6.92 Å². The van der Waals surface area contributed by atoms with Gasteiger partial charge in [0.1, 0.15) is 17.2 Å². The summed E-state index contributed by atoms with van der Waals surface area (Å²) >= 11 is 0. The van der Waals surface area contributed by atoms with Crippen LogP contribution < -0.4 is 0 Å². The van der Waals surface area contributed by atoms with Crippen LogP contribution in [0.3, 0.4) is 0 Å². The van der Waals surface area contributed by atoms with Crippen molar-refractivity contribution in [3.63, 3.8) is 0 Å². The zero-order chi connectivity index (χ0) is 8.55. The molecule has 2 heterocycles. The third-order valence-corrected chi connectivity index (χ3v) is 1.74. The average Bonchev–Trinajstić information content (AvgIpc) is 2.46. The minimum Gasteiger partial charge on any atom is -0.339 e. The maximum absolute atomic E-state index is 4.29. The molecule has 2 rings (SSSR count). The van der Waals surface area contributed by atoms with Gasteiger partial charge < -0.3 is 4.98 Å². The zero-order valence-electron chi connectivity index (χ0n) is 7.13. The van der Waals surface area contributed by atoms with Crippen LogP contribution >= 0.6 is 0 Å². The molecule has 0 atom stereocenters. The number of nitrogens with zero attached hydrogens (tertiary/aromatic N) is 3. The van der Waals surface area contributed by atoms with Gasteiger partial charge in [0.15, 0.2) is 5.65 Å². The van der Waals surface area contributed by atoms with E-state index in [1.165, 1.54) is 0 Å². The van der Waals surface area contributed by atoms with Crippen molar-refractivity contribution in [1.29, 1.82) is 0 Å². The molecule has 0 aliphatic carbocycles. The van der Waals surface area contributed by atoms with Crippen molar-refractivity contribution in [1.82, 2.24) is 19.9 Å². The monoisotopic (exact) mass is 162 g/mol. The summed E-state index contributed by atoms with van der Waals surface area (Å²) < 4.78 is 0. The Morgan fingerprint density at radius 3 is 3.00 bits per heavy atom. The average molecular weight is 162 g/mol. The summed E-state index contributed by atoms with van der Waals surface area (Å²) in [5.41, 5.74) is 1.68. The van der Waals surface area contributed by atoms with Crippen molar-refractivity contribution in [3.8, 4) is 0 Å². The Labute approximate surface area is 70.1 Å². The third kappa shape index (κ3) is 1.05. The van der Waals surface area contributed by atoms with Crippen LogP contribution in [0.15, 0.2) is 6.20 Å². The lowest BCUT2D eigenvalue weighted by atomic mass is 10.5. The maximum Gasteiger partial charge on any atom is 0.181 e. The molecule has 0 amide bonds. The SMILES string of the molecule is CCc1nc2nc(C)ncc2[nH]1. The van der Waals surface area contributed by atoms with E-state index < -0.39 is 0 Å². The number of aryl methyl sites for hydroxylation is 2. The van der Waals surface area contributed by atoms with E-state index in [-0.39, 0.29) is 0 Å². The Morgan fingerprint density at radius 2 is 2.25 bits per heavy atom. The topological polar surface area (TPSA) is 54.5 Å². The van der Waals surface area contributed by atoms with E-state index >= 15 is 0 Å². The third-order valence-electron chi connectivity index (χ3n) is 1.74. The minimum absolute atomic E-state index is 0.761. The molecule has 0 saturated heterocycles. The molecule has 0 unspecified atom stereocenters. The second-order valence-corrected chi connectivity index (χ2v) is 2.69. The van der Waals surface area contributed by atoms with Crippen LogP contribution in [-0.2, 0) is 6.42 Å². The molecular weight excluding hydrogens is 152 g/mol. The molecule has 0 bridgehead atoms. The van der Waals surface area contributed by atoms with E-state index in [9.17, 15) is 0 Å². The molecule has 0 aliphatic heterocycles. The maximum atomic E-state index is 4.29. The molecule has 1 N–H and O–H groups in total. The molecule has 0 aromatic carbocycles. The van der Waals surface area contributed by atoms with Gasteiger partial charge in [-0.1, -0.05) is 6.92 Å². The van der Waals surface area contributed by atoms with Crippen molar-refractivity contribution in [2.75, 3.05) is 0 Å². The number of aromatic amines is 1. The molecule has 0 radical (unpaired) electrons. The van der Waals surface area contributed by atoms with Crippen LogP contribution in [0.5, 0.6) is 0 Å². The Bertz CT molecular complexity index is 404. The number of hydrogen-bond acceptors (Lipinski definition) is 3. The first kappa shape index (κ1) is 7.21. The van der Waals surface area contributed by atoms with E-state index in [1.54, 1.807) is 6.20 Å². The van der Waals surface area contributed by atoms with E-state index in [0.29, 0.717) is 0 Å². The van der Waals surface area contributed by atoms with Gasteiger partial charge in [-0.15, -0.1) is 0 Å². The summed E-state index contributed by atoms with van der Waals surface area (Å²) in [5.74, 6) is 1.72. The molecule has 0 spiro atoms. The summed E-state index contributed by atoms with van der Waals surface area (Å²) in [6, 6.07) is 0. The van der Waals surface area contributed by atoms with E-state index in [2.05, 4.69) is 26.9 Å². The predicted octanol–water partition coefficient (Wildman–Crippen LogP) is 1.22. The highest BCUT2D eigenvalue weighted by molar-refractivity contribution is 5.69. The quantitative estimate of drug-likeness (QED) is 0.686. The fourth-order valence-electron chi connectivity index (χ4n) is 1.11. The lowest BCUT2D eigenvalue weighted by Gasteiger charge is -1.87. The lowest BCUT2D eigenvalue weighted by Crippen LogP contribution is -1.85. The van der Waals surface area contributed by atoms with Gasteiger partial charge in [-0.2, -0.15) is 0 Å². The van der Waals surface area contributed by atoms with Crippen LogP contribution in [0.2, 0.25) is 0 Å². The molecule has 0 saturated carbocycles. The van der Waals surface area contributed by atoms with E-state index in [4.69, 9.17) is 0 Å². The second-order valence-electron chi connectivity index (χ2n) is 2.69. The minimum atomic E-state index is 0.761. The first-order valence-electron chi connectivity index (χ1n) is 3.98. The van der Waals surface area contributed by atoms with Crippen molar-refractivity contribution >= 4 is 11.2 Å².